The number of halogens is 2. The Morgan fingerprint density at radius 3 is 2.41 bits per heavy atom. The quantitative estimate of drug-likeness (QED) is 0.476. The molecule has 5 rings (SSSR count). The molecule has 3 heterocycles. The van der Waals surface area contributed by atoms with E-state index in [-0.39, 0.29) is 36.0 Å². The number of hydrogen-bond donors (Lipinski definition) is 1. The lowest BCUT2D eigenvalue weighted by atomic mass is 9.88. The second-order valence-electron chi connectivity index (χ2n) is 9.96. The predicted molar refractivity (Wildman–Crippen MR) is 150 cm³/mol. The number of aromatic nitrogens is 1. The van der Waals surface area contributed by atoms with E-state index in [1.54, 1.807) is 24.1 Å². The molecule has 0 aliphatic carbocycles. The van der Waals surface area contributed by atoms with Gasteiger partial charge in [-0.3, -0.25) is 9.59 Å². The Morgan fingerprint density at radius 2 is 1.72 bits per heavy atom. The van der Waals surface area contributed by atoms with Gasteiger partial charge >= 0.3 is 0 Å². The van der Waals surface area contributed by atoms with Gasteiger partial charge in [0.05, 0.1) is 25.4 Å². The molecular weight excluding hydrogens is 523 g/mol. The van der Waals surface area contributed by atoms with Gasteiger partial charge in [0.2, 0.25) is 0 Å². The molecule has 2 aliphatic rings. The Balaban J connectivity index is 0.00000353. The van der Waals surface area contributed by atoms with Gasteiger partial charge in [-0.25, -0.2) is 4.39 Å². The third kappa shape index (κ3) is 5.96. The molecule has 2 aromatic carbocycles. The smallest absolute Gasteiger partial charge is 0.256 e. The summed E-state index contributed by atoms with van der Waals surface area (Å²) in [7, 11) is 1.64. The Kier molecular flexibility index (Phi) is 9.61. The molecule has 10 heteroatoms. The van der Waals surface area contributed by atoms with E-state index in [4.69, 9.17) is 15.2 Å². The molecule has 2 saturated heterocycles. The maximum atomic E-state index is 14.6. The van der Waals surface area contributed by atoms with Crippen LogP contribution in [0.3, 0.4) is 0 Å². The number of morpholine rings is 1. The molecule has 0 radical (unpaired) electrons. The summed E-state index contributed by atoms with van der Waals surface area (Å²) in [6, 6.07) is 10.7. The first kappa shape index (κ1) is 29.0. The first-order valence-electron chi connectivity index (χ1n) is 13.3. The van der Waals surface area contributed by atoms with Crippen molar-refractivity contribution in [3.63, 3.8) is 0 Å². The van der Waals surface area contributed by atoms with E-state index in [0.717, 1.165) is 11.1 Å². The summed E-state index contributed by atoms with van der Waals surface area (Å²) in [5.74, 6) is -0.388. The summed E-state index contributed by atoms with van der Waals surface area (Å²) in [5, 5.41) is 0.675. The topological polar surface area (TPSA) is 90.0 Å². The van der Waals surface area contributed by atoms with Crippen LogP contribution in [0.2, 0.25) is 0 Å². The van der Waals surface area contributed by atoms with Crippen molar-refractivity contribution in [2.24, 2.45) is 5.73 Å². The summed E-state index contributed by atoms with van der Waals surface area (Å²) in [5.41, 5.74) is 9.22. The summed E-state index contributed by atoms with van der Waals surface area (Å²) in [4.78, 5) is 31.1. The monoisotopic (exact) mass is 558 g/mol. The number of fused-ring (bicyclic) bond motifs is 1. The number of methoxy groups -OCH3 is 1. The molecule has 0 atom stereocenters. The minimum atomic E-state index is -0.223. The average molecular weight is 559 g/mol. The van der Waals surface area contributed by atoms with E-state index in [0.29, 0.717) is 94.0 Å². The van der Waals surface area contributed by atoms with Gasteiger partial charge in [0.1, 0.15) is 5.82 Å². The minimum Gasteiger partial charge on any atom is -0.383 e. The van der Waals surface area contributed by atoms with E-state index in [1.165, 1.54) is 6.07 Å². The van der Waals surface area contributed by atoms with E-state index < -0.39 is 0 Å². The van der Waals surface area contributed by atoms with Crippen molar-refractivity contribution in [1.29, 1.82) is 0 Å². The maximum Gasteiger partial charge on any atom is 0.256 e. The van der Waals surface area contributed by atoms with Crippen LogP contribution in [0.5, 0.6) is 0 Å². The summed E-state index contributed by atoms with van der Waals surface area (Å²) in [6.45, 7) is 4.50. The number of ether oxygens (including phenoxy) is 2. The zero-order valence-electron chi connectivity index (χ0n) is 22.2. The molecule has 8 nitrogen and oxygen atoms in total. The number of rotatable bonds is 7. The lowest BCUT2D eigenvalue weighted by molar-refractivity contribution is 0.0304. The predicted octanol–water partition coefficient (Wildman–Crippen LogP) is 3.80. The maximum absolute atomic E-state index is 14.6. The molecule has 39 heavy (non-hydrogen) atoms. The molecule has 2 fully saturated rings. The lowest BCUT2D eigenvalue weighted by Gasteiger charge is -2.32. The number of carbonyl (C=O) groups is 2. The van der Waals surface area contributed by atoms with Gasteiger partial charge in [-0.2, -0.15) is 0 Å². The Morgan fingerprint density at radius 1 is 1.03 bits per heavy atom. The highest BCUT2D eigenvalue weighted by atomic mass is 35.5. The highest BCUT2D eigenvalue weighted by Crippen LogP contribution is 2.33. The van der Waals surface area contributed by atoms with Crippen LogP contribution < -0.4 is 5.73 Å². The van der Waals surface area contributed by atoms with Crippen LogP contribution in [0.15, 0.2) is 42.6 Å². The third-order valence-electron chi connectivity index (χ3n) is 7.72. The number of benzene rings is 2. The van der Waals surface area contributed by atoms with Crippen LogP contribution >= 0.6 is 12.4 Å². The Bertz CT molecular complexity index is 1320. The van der Waals surface area contributed by atoms with Crippen LogP contribution in [0.1, 0.15) is 50.6 Å². The number of nitrogens with two attached hydrogens (primary N) is 1. The number of amides is 2. The Labute approximate surface area is 234 Å². The second kappa shape index (κ2) is 12.9. The van der Waals surface area contributed by atoms with Gasteiger partial charge in [0.15, 0.2) is 0 Å². The van der Waals surface area contributed by atoms with E-state index >= 15 is 0 Å². The van der Waals surface area contributed by atoms with E-state index in [1.807, 2.05) is 33.9 Å². The van der Waals surface area contributed by atoms with Crippen molar-refractivity contribution in [3.05, 3.63) is 70.7 Å². The van der Waals surface area contributed by atoms with Crippen LogP contribution in [0.25, 0.3) is 10.9 Å². The van der Waals surface area contributed by atoms with Crippen molar-refractivity contribution in [2.75, 3.05) is 53.1 Å². The van der Waals surface area contributed by atoms with E-state index in [9.17, 15) is 14.0 Å². The van der Waals surface area contributed by atoms with Gasteiger partial charge in [0.25, 0.3) is 11.8 Å². The molecule has 0 spiro atoms. The largest absolute Gasteiger partial charge is 0.383 e. The van der Waals surface area contributed by atoms with Crippen LogP contribution in [0.4, 0.5) is 4.39 Å². The van der Waals surface area contributed by atoms with Crippen LogP contribution in [0, 0.1) is 5.82 Å². The highest BCUT2D eigenvalue weighted by Gasteiger charge is 2.30. The molecule has 0 bridgehead atoms. The standard InChI is InChI=1S/C29H35FN4O4.ClH/c1-37-14-11-34-19-24(27-22(3-2-4-26(27)34)28(35)33-12-15-38-16-13-33)29(36)32-9-7-21(8-10-32)23-17-20(18-31)5-6-25(23)30;/h2-6,17,19,21H,7-16,18,31H2,1H3;1H. The summed E-state index contributed by atoms with van der Waals surface area (Å²) in [6.07, 6.45) is 3.18. The summed E-state index contributed by atoms with van der Waals surface area (Å²) >= 11 is 0. The fourth-order valence-corrected chi connectivity index (χ4v) is 5.60. The second-order valence-corrected chi connectivity index (χ2v) is 9.96. The Hall–Kier alpha value is -2.98. The van der Waals surface area contributed by atoms with Crippen molar-refractivity contribution < 1.29 is 23.5 Å². The fourth-order valence-electron chi connectivity index (χ4n) is 5.60. The van der Waals surface area contributed by atoms with E-state index in [2.05, 4.69) is 0 Å². The fraction of sp³-hybridized carbons (Fsp3) is 0.448. The SMILES string of the molecule is COCCn1cc(C(=O)N2CCC(c3cc(CN)ccc3F)CC2)c2c(C(=O)N3CCOCC3)cccc21.Cl. The molecule has 210 valence electrons. The zero-order chi connectivity index (χ0) is 26.6. The molecular formula is C29H36ClFN4O4. The first-order valence-corrected chi connectivity index (χ1v) is 13.3. The van der Waals surface area contributed by atoms with Crippen LogP contribution in [-0.2, 0) is 22.6 Å². The number of likely N-dealkylation sites (tertiary alicyclic amines) is 1. The van der Waals surface area contributed by atoms with Crippen molar-refractivity contribution in [1.82, 2.24) is 14.4 Å². The average Bonchev–Trinajstić information content (AvgIpc) is 3.35. The molecule has 0 unspecified atom stereocenters. The minimum absolute atomic E-state index is 0. The molecule has 2 aliphatic heterocycles. The molecule has 1 aromatic heterocycles. The molecule has 3 aromatic rings. The number of hydrogen-bond acceptors (Lipinski definition) is 5. The normalized spacial score (nSPS) is 16.4. The molecule has 0 saturated carbocycles. The zero-order valence-corrected chi connectivity index (χ0v) is 23.1. The number of nitrogens with zero attached hydrogens (tertiary/aromatic N) is 3. The van der Waals surface area contributed by atoms with Gasteiger partial charge in [0, 0.05) is 69.0 Å². The van der Waals surface area contributed by atoms with Gasteiger partial charge in [-0.05, 0) is 48.1 Å². The summed E-state index contributed by atoms with van der Waals surface area (Å²) < 4.78 is 27.3. The van der Waals surface area contributed by atoms with Crippen molar-refractivity contribution >= 4 is 35.1 Å². The first-order chi connectivity index (χ1) is 18.5. The van der Waals surface area contributed by atoms with Crippen molar-refractivity contribution in [2.45, 2.75) is 31.8 Å². The van der Waals surface area contributed by atoms with Crippen LogP contribution in [-0.4, -0.2) is 79.3 Å². The van der Waals surface area contributed by atoms with Gasteiger partial charge < -0.3 is 29.6 Å². The molecule has 2 N–H and O–H groups in total. The van der Waals surface area contributed by atoms with Gasteiger partial charge in [-0.1, -0.05) is 18.2 Å². The van der Waals surface area contributed by atoms with Crippen molar-refractivity contribution in [3.8, 4) is 0 Å². The number of piperidine rings is 1. The van der Waals surface area contributed by atoms with Gasteiger partial charge in [-0.15, -0.1) is 12.4 Å². The number of carbonyl (C=O) groups excluding carboxylic acids is 2. The lowest BCUT2D eigenvalue weighted by Crippen LogP contribution is -2.41. The molecule has 2 amide bonds. The highest BCUT2D eigenvalue weighted by molar-refractivity contribution is 6.15. The third-order valence-corrected chi connectivity index (χ3v) is 7.72.